The summed E-state index contributed by atoms with van der Waals surface area (Å²) in [6.07, 6.45) is 0.328. The van der Waals surface area contributed by atoms with Crippen LogP contribution in [0.5, 0.6) is 0 Å². The van der Waals surface area contributed by atoms with E-state index in [4.69, 9.17) is 0 Å². The molecule has 0 radical (unpaired) electrons. The Balaban J connectivity index is 2.53. The maximum absolute atomic E-state index is 11.6. The van der Waals surface area contributed by atoms with Crippen LogP contribution in [0.25, 0.3) is 0 Å². The lowest BCUT2D eigenvalue weighted by Crippen LogP contribution is -2.37. The summed E-state index contributed by atoms with van der Waals surface area (Å²) in [6.45, 7) is 3.39. The molecule has 0 aromatic heterocycles. The predicted molar refractivity (Wildman–Crippen MR) is 62.3 cm³/mol. The molecule has 84 valence electrons. The summed E-state index contributed by atoms with van der Waals surface area (Å²) in [6, 6.07) is 7.24. The topological polar surface area (TPSA) is 49.4 Å². The van der Waals surface area contributed by atoms with Gasteiger partial charge in [0, 0.05) is 19.4 Å². The molecule has 4 heteroatoms. The van der Waals surface area contributed by atoms with Gasteiger partial charge in [-0.2, -0.15) is 0 Å². The molecule has 0 saturated heterocycles. The van der Waals surface area contributed by atoms with Gasteiger partial charge in [0.05, 0.1) is 11.4 Å². The number of benzene rings is 1. The average Bonchev–Trinajstić information content (AvgIpc) is 2.31. The molecule has 1 aliphatic rings. The first kappa shape index (κ1) is 10.7. The van der Waals surface area contributed by atoms with E-state index in [1.807, 2.05) is 25.1 Å². The maximum Gasteiger partial charge on any atom is 0.226 e. The Labute approximate surface area is 94.2 Å². The second-order valence-corrected chi connectivity index (χ2v) is 4.01. The van der Waals surface area contributed by atoms with E-state index in [0.717, 1.165) is 5.69 Å². The number of carbonyl (C=O) groups is 2. The third-order valence-corrected chi connectivity index (χ3v) is 2.70. The van der Waals surface area contributed by atoms with Crippen molar-refractivity contribution < 1.29 is 9.59 Å². The quantitative estimate of drug-likeness (QED) is 0.721. The molecule has 4 nitrogen and oxygen atoms in total. The number of hydrogen-bond acceptors (Lipinski definition) is 2. The monoisotopic (exact) mass is 218 g/mol. The SMILES string of the molecule is CC(=O)N1c2ccccc2NC(=O)C[C@H]1C. The number of nitrogens with zero attached hydrogens (tertiary/aromatic N) is 1. The Hall–Kier alpha value is -1.84. The van der Waals surface area contributed by atoms with Crippen molar-refractivity contribution in [2.75, 3.05) is 10.2 Å². The number of anilines is 2. The lowest BCUT2D eigenvalue weighted by molar-refractivity contribution is -0.117. The van der Waals surface area contributed by atoms with E-state index in [1.165, 1.54) is 6.92 Å². The highest BCUT2D eigenvalue weighted by Crippen LogP contribution is 2.30. The van der Waals surface area contributed by atoms with Crippen LogP contribution in [-0.2, 0) is 9.59 Å². The van der Waals surface area contributed by atoms with Crippen molar-refractivity contribution in [3.63, 3.8) is 0 Å². The Morgan fingerprint density at radius 2 is 2.12 bits per heavy atom. The van der Waals surface area contributed by atoms with Gasteiger partial charge in [-0.15, -0.1) is 0 Å². The molecule has 1 N–H and O–H groups in total. The third-order valence-electron chi connectivity index (χ3n) is 2.70. The van der Waals surface area contributed by atoms with Crippen molar-refractivity contribution in [3.05, 3.63) is 24.3 Å². The Morgan fingerprint density at radius 1 is 1.44 bits per heavy atom. The van der Waals surface area contributed by atoms with Crippen LogP contribution in [0.4, 0.5) is 11.4 Å². The van der Waals surface area contributed by atoms with E-state index in [0.29, 0.717) is 12.1 Å². The summed E-state index contributed by atoms with van der Waals surface area (Å²) in [5.74, 6) is -0.0971. The fourth-order valence-corrected chi connectivity index (χ4v) is 2.07. The normalized spacial score (nSPS) is 19.8. The second-order valence-electron chi connectivity index (χ2n) is 4.01. The van der Waals surface area contributed by atoms with Crippen molar-refractivity contribution in [1.82, 2.24) is 0 Å². The number of amides is 2. The van der Waals surface area contributed by atoms with Crippen LogP contribution in [0.15, 0.2) is 24.3 Å². The Morgan fingerprint density at radius 3 is 2.81 bits per heavy atom. The maximum atomic E-state index is 11.6. The lowest BCUT2D eigenvalue weighted by Gasteiger charge is -2.26. The smallest absolute Gasteiger partial charge is 0.226 e. The van der Waals surface area contributed by atoms with Gasteiger partial charge in [0.1, 0.15) is 0 Å². The highest BCUT2D eigenvalue weighted by Gasteiger charge is 2.27. The molecule has 2 amide bonds. The summed E-state index contributed by atoms with van der Waals surface area (Å²) < 4.78 is 0. The van der Waals surface area contributed by atoms with Gasteiger partial charge in [0.15, 0.2) is 0 Å². The lowest BCUT2D eigenvalue weighted by atomic mass is 10.2. The molecule has 1 aromatic carbocycles. The average molecular weight is 218 g/mol. The largest absolute Gasteiger partial charge is 0.324 e. The van der Waals surface area contributed by atoms with Crippen molar-refractivity contribution >= 4 is 23.2 Å². The van der Waals surface area contributed by atoms with Crippen LogP contribution >= 0.6 is 0 Å². The zero-order valence-corrected chi connectivity index (χ0v) is 9.36. The van der Waals surface area contributed by atoms with E-state index < -0.39 is 0 Å². The molecule has 0 saturated carbocycles. The molecule has 1 aliphatic heterocycles. The molecular formula is C12H14N2O2. The van der Waals surface area contributed by atoms with E-state index in [9.17, 15) is 9.59 Å². The van der Waals surface area contributed by atoms with Crippen LogP contribution in [0.2, 0.25) is 0 Å². The van der Waals surface area contributed by atoms with E-state index in [-0.39, 0.29) is 17.9 Å². The van der Waals surface area contributed by atoms with E-state index in [1.54, 1.807) is 11.0 Å². The van der Waals surface area contributed by atoms with Crippen molar-refractivity contribution in [1.29, 1.82) is 0 Å². The second kappa shape index (κ2) is 3.96. The van der Waals surface area contributed by atoms with Crippen LogP contribution < -0.4 is 10.2 Å². The molecule has 1 atom stereocenters. The number of rotatable bonds is 0. The first-order valence-corrected chi connectivity index (χ1v) is 5.28. The van der Waals surface area contributed by atoms with E-state index in [2.05, 4.69) is 5.32 Å². The highest BCUT2D eigenvalue weighted by atomic mass is 16.2. The molecule has 0 bridgehead atoms. The fourth-order valence-electron chi connectivity index (χ4n) is 2.07. The standard InChI is InChI=1S/C12H14N2O2/c1-8-7-12(16)13-10-5-3-4-6-11(10)14(8)9(2)15/h3-6,8H,7H2,1-2H3,(H,13,16)/t8-/m1/s1. The summed E-state index contributed by atoms with van der Waals surface area (Å²) in [5, 5.41) is 2.80. The van der Waals surface area contributed by atoms with Crippen LogP contribution in [0.1, 0.15) is 20.3 Å². The Bertz CT molecular complexity index is 442. The Kier molecular flexibility index (Phi) is 2.64. The van der Waals surface area contributed by atoms with Gasteiger partial charge in [-0.05, 0) is 19.1 Å². The van der Waals surface area contributed by atoms with Crippen LogP contribution in [-0.4, -0.2) is 17.9 Å². The van der Waals surface area contributed by atoms with Gasteiger partial charge >= 0.3 is 0 Å². The first-order valence-electron chi connectivity index (χ1n) is 5.28. The zero-order valence-electron chi connectivity index (χ0n) is 9.36. The molecule has 0 aliphatic carbocycles. The number of fused-ring (bicyclic) bond motifs is 1. The minimum Gasteiger partial charge on any atom is -0.324 e. The summed E-state index contributed by atoms with van der Waals surface area (Å²) >= 11 is 0. The summed E-state index contributed by atoms with van der Waals surface area (Å²) in [4.78, 5) is 24.9. The zero-order chi connectivity index (χ0) is 11.7. The molecule has 1 aromatic rings. The summed E-state index contributed by atoms with van der Waals surface area (Å²) in [5.41, 5.74) is 1.47. The molecule has 0 fully saturated rings. The number of hydrogen-bond donors (Lipinski definition) is 1. The van der Waals surface area contributed by atoms with Gasteiger partial charge in [-0.3, -0.25) is 9.59 Å². The summed E-state index contributed by atoms with van der Waals surface area (Å²) in [7, 11) is 0. The number of para-hydroxylation sites is 2. The predicted octanol–water partition coefficient (Wildman–Crippen LogP) is 1.77. The molecule has 1 heterocycles. The first-order chi connectivity index (χ1) is 7.59. The van der Waals surface area contributed by atoms with Gasteiger partial charge in [0.25, 0.3) is 0 Å². The van der Waals surface area contributed by atoms with Crippen LogP contribution in [0.3, 0.4) is 0 Å². The molecule has 16 heavy (non-hydrogen) atoms. The third kappa shape index (κ3) is 1.78. The van der Waals surface area contributed by atoms with Crippen molar-refractivity contribution in [2.45, 2.75) is 26.3 Å². The van der Waals surface area contributed by atoms with Crippen LogP contribution in [0, 0.1) is 0 Å². The molecular weight excluding hydrogens is 204 g/mol. The molecule has 2 rings (SSSR count). The molecule has 0 unspecified atom stereocenters. The minimum atomic E-state index is -0.110. The fraction of sp³-hybridized carbons (Fsp3) is 0.333. The molecule has 0 spiro atoms. The highest BCUT2D eigenvalue weighted by molar-refractivity contribution is 6.03. The minimum absolute atomic E-state index is 0.0450. The van der Waals surface area contributed by atoms with Gasteiger partial charge in [-0.25, -0.2) is 0 Å². The number of carbonyl (C=O) groups excluding carboxylic acids is 2. The van der Waals surface area contributed by atoms with Gasteiger partial charge < -0.3 is 10.2 Å². The number of nitrogens with one attached hydrogen (secondary N) is 1. The van der Waals surface area contributed by atoms with Gasteiger partial charge in [0.2, 0.25) is 11.8 Å². The van der Waals surface area contributed by atoms with Crippen molar-refractivity contribution in [3.8, 4) is 0 Å². The van der Waals surface area contributed by atoms with Gasteiger partial charge in [-0.1, -0.05) is 12.1 Å². The van der Waals surface area contributed by atoms with Crippen molar-refractivity contribution in [2.24, 2.45) is 0 Å². The van der Waals surface area contributed by atoms with E-state index >= 15 is 0 Å².